The maximum Gasteiger partial charge on any atom is 0.293 e. The van der Waals surface area contributed by atoms with Crippen LogP contribution in [0.1, 0.15) is 37.0 Å². The minimum atomic E-state index is -0.419. The number of thioether (sulfide) groups is 1. The van der Waals surface area contributed by atoms with Gasteiger partial charge in [0.1, 0.15) is 0 Å². The van der Waals surface area contributed by atoms with Gasteiger partial charge in [0.25, 0.3) is 11.1 Å². The largest absolute Gasteiger partial charge is 0.493 e. The zero-order chi connectivity index (χ0) is 22.5. The summed E-state index contributed by atoms with van der Waals surface area (Å²) >= 11 is 7.25. The van der Waals surface area contributed by atoms with Crippen LogP contribution in [0.4, 0.5) is 4.79 Å². The summed E-state index contributed by atoms with van der Waals surface area (Å²) in [6.45, 7) is 3.98. The van der Waals surface area contributed by atoms with Gasteiger partial charge in [0.05, 0.1) is 41.3 Å². The molecule has 31 heavy (non-hydrogen) atoms. The standard InChI is InChI=1S/C23H21ClN2O4S/c1-4-14(2)30-21-18(24)9-15(10-19(21)29-3)11-20-22(27)26(23(28)31-20)13-17-8-6-5-7-16(17)12-25/h5-11,14H,4,13H2,1-3H3/b20-11+/t14-/m0/s1. The fraction of sp³-hybridized carbons (Fsp3) is 0.261. The van der Waals surface area contributed by atoms with Crippen LogP contribution in [0.2, 0.25) is 5.02 Å². The lowest BCUT2D eigenvalue weighted by Crippen LogP contribution is -2.27. The molecule has 0 N–H and O–H groups in total. The predicted octanol–water partition coefficient (Wildman–Crippen LogP) is 5.63. The molecule has 0 radical (unpaired) electrons. The van der Waals surface area contributed by atoms with E-state index in [2.05, 4.69) is 6.07 Å². The summed E-state index contributed by atoms with van der Waals surface area (Å²) in [7, 11) is 1.51. The Bertz CT molecular complexity index is 1090. The molecule has 8 heteroatoms. The van der Waals surface area contributed by atoms with E-state index in [4.69, 9.17) is 21.1 Å². The molecule has 0 saturated carbocycles. The van der Waals surface area contributed by atoms with Crippen LogP contribution in [-0.2, 0) is 11.3 Å². The highest BCUT2D eigenvalue weighted by Crippen LogP contribution is 2.40. The van der Waals surface area contributed by atoms with Gasteiger partial charge in [-0.15, -0.1) is 0 Å². The van der Waals surface area contributed by atoms with E-state index in [-0.39, 0.29) is 17.6 Å². The van der Waals surface area contributed by atoms with Crippen molar-refractivity contribution in [1.82, 2.24) is 4.90 Å². The SMILES string of the molecule is CC[C@H](C)Oc1c(Cl)cc(/C=C2/SC(=O)N(Cc3ccccc3C#N)C2=O)cc1OC. The third kappa shape index (κ3) is 5.04. The topological polar surface area (TPSA) is 79.6 Å². The first-order chi connectivity index (χ1) is 14.9. The number of imide groups is 1. The van der Waals surface area contributed by atoms with Crippen molar-refractivity contribution in [3.05, 3.63) is 63.0 Å². The molecule has 160 valence electrons. The molecule has 1 heterocycles. The van der Waals surface area contributed by atoms with Gasteiger partial charge in [0.15, 0.2) is 11.5 Å². The quantitative estimate of drug-likeness (QED) is 0.502. The van der Waals surface area contributed by atoms with Crippen molar-refractivity contribution in [2.24, 2.45) is 0 Å². The maximum atomic E-state index is 12.9. The van der Waals surface area contributed by atoms with Gasteiger partial charge in [-0.2, -0.15) is 5.26 Å². The van der Waals surface area contributed by atoms with Crippen LogP contribution in [0.15, 0.2) is 41.3 Å². The first-order valence-electron chi connectivity index (χ1n) is 9.65. The van der Waals surface area contributed by atoms with Gasteiger partial charge in [-0.3, -0.25) is 14.5 Å². The van der Waals surface area contributed by atoms with Crippen LogP contribution in [-0.4, -0.2) is 29.3 Å². The van der Waals surface area contributed by atoms with E-state index >= 15 is 0 Å². The average Bonchev–Trinajstić information content (AvgIpc) is 3.02. The number of hydrogen-bond donors (Lipinski definition) is 0. The second-order valence-corrected chi connectivity index (χ2v) is 8.31. The van der Waals surface area contributed by atoms with Crippen LogP contribution in [0.5, 0.6) is 11.5 Å². The van der Waals surface area contributed by atoms with Crippen molar-refractivity contribution in [3.63, 3.8) is 0 Å². The number of halogens is 1. The van der Waals surface area contributed by atoms with Crippen molar-refractivity contribution in [2.45, 2.75) is 32.9 Å². The lowest BCUT2D eigenvalue weighted by atomic mass is 10.1. The molecule has 2 aromatic rings. The second kappa shape index (κ2) is 9.90. The molecule has 6 nitrogen and oxygen atoms in total. The summed E-state index contributed by atoms with van der Waals surface area (Å²) in [6.07, 6.45) is 2.37. The fourth-order valence-corrected chi connectivity index (χ4v) is 4.05. The van der Waals surface area contributed by atoms with E-state index in [1.807, 2.05) is 13.8 Å². The fourth-order valence-electron chi connectivity index (χ4n) is 2.95. The molecule has 0 aliphatic carbocycles. The number of rotatable bonds is 7. The Balaban J connectivity index is 1.87. The Hall–Kier alpha value is -2.95. The molecule has 0 unspecified atom stereocenters. The van der Waals surface area contributed by atoms with Gasteiger partial charge < -0.3 is 9.47 Å². The number of benzene rings is 2. The van der Waals surface area contributed by atoms with Crippen molar-refractivity contribution < 1.29 is 19.1 Å². The van der Waals surface area contributed by atoms with E-state index < -0.39 is 11.1 Å². The lowest BCUT2D eigenvalue weighted by Gasteiger charge is -2.17. The molecule has 0 aromatic heterocycles. The molecule has 3 rings (SSSR count). The zero-order valence-corrected chi connectivity index (χ0v) is 18.9. The van der Waals surface area contributed by atoms with Gasteiger partial charge in [0, 0.05) is 0 Å². The van der Waals surface area contributed by atoms with E-state index in [0.29, 0.717) is 33.2 Å². The minimum Gasteiger partial charge on any atom is -0.493 e. The molecule has 0 bridgehead atoms. The van der Waals surface area contributed by atoms with E-state index in [0.717, 1.165) is 23.1 Å². The molecular formula is C23H21ClN2O4S. The molecule has 0 spiro atoms. The predicted molar refractivity (Wildman–Crippen MR) is 121 cm³/mol. The highest BCUT2D eigenvalue weighted by molar-refractivity contribution is 8.18. The number of methoxy groups -OCH3 is 1. The zero-order valence-electron chi connectivity index (χ0n) is 17.3. The van der Waals surface area contributed by atoms with Gasteiger partial charge in [0.2, 0.25) is 0 Å². The van der Waals surface area contributed by atoms with Crippen LogP contribution in [0, 0.1) is 11.3 Å². The van der Waals surface area contributed by atoms with E-state index in [1.165, 1.54) is 7.11 Å². The second-order valence-electron chi connectivity index (χ2n) is 6.91. The van der Waals surface area contributed by atoms with Gasteiger partial charge >= 0.3 is 0 Å². The number of carbonyl (C=O) groups is 2. The number of nitriles is 1. The highest BCUT2D eigenvalue weighted by atomic mass is 35.5. The first-order valence-corrected chi connectivity index (χ1v) is 10.8. The van der Waals surface area contributed by atoms with Gasteiger partial charge in [-0.05, 0) is 60.5 Å². The molecule has 1 fully saturated rings. The van der Waals surface area contributed by atoms with Crippen LogP contribution in [0.3, 0.4) is 0 Å². The number of hydrogen-bond acceptors (Lipinski definition) is 6. The normalized spacial score (nSPS) is 15.8. The minimum absolute atomic E-state index is 0.0370. The Morgan fingerprint density at radius 1 is 1.29 bits per heavy atom. The molecule has 1 saturated heterocycles. The Kier molecular flexibility index (Phi) is 7.26. The van der Waals surface area contributed by atoms with E-state index in [9.17, 15) is 14.9 Å². The lowest BCUT2D eigenvalue weighted by molar-refractivity contribution is -0.123. The summed E-state index contributed by atoms with van der Waals surface area (Å²) in [5, 5.41) is 9.21. The van der Waals surface area contributed by atoms with E-state index in [1.54, 1.807) is 42.5 Å². The Labute approximate surface area is 190 Å². The molecule has 1 aliphatic heterocycles. The van der Waals surface area contributed by atoms with Gasteiger partial charge in [-0.25, -0.2) is 0 Å². The molecule has 1 aliphatic rings. The summed E-state index contributed by atoms with van der Waals surface area (Å²) in [6, 6.07) is 12.3. The maximum absolute atomic E-state index is 12.9. The smallest absolute Gasteiger partial charge is 0.293 e. The third-order valence-corrected chi connectivity index (χ3v) is 5.97. The molecular weight excluding hydrogens is 436 g/mol. The summed E-state index contributed by atoms with van der Waals surface area (Å²) in [5.74, 6) is 0.468. The Morgan fingerprint density at radius 2 is 2.03 bits per heavy atom. The Morgan fingerprint density at radius 3 is 2.71 bits per heavy atom. The number of ether oxygens (including phenoxy) is 2. The van der Waals surface area contributed by atoms with Gasteiger partial charge in [-0.1, -0.05) is 36.7 Å². The van der Waals surface area contributed by atoms with Crippen molar-refractivity contribution in [3.8, 4) is 17.6 Å². The van der Waals surface area contributed by atoms with Crippen molar-refractivity contribution >= 4 is 40.6 Å². The average molecular weight is 457 g/mol. The summed E-state index contributed by atoms with van der Waals surface area (Å²) in [4.78, 5) is 26.7. The number of carbonyl (C=O) groups excluding carboxylic acids is 2. The van der Waals surface area contributed by atoms with Crippen LogP contribution >= 0.6 is 23.4 Å². The molecule has 2 amide bonds. The summed E-state index contributed by atoms with van der Waals surface area (Å²) < 4.78 is 11.3. The highest BCUT2D eigenvalue weighted by Gasteiger charge is 2.35. The summed E-state index contributed by atoms with van der Waals surface area (Å²) in [5.41, 5.74) is 1.66. The number of amides is 2. The van der Waals surface area contributed by atoms with Crippen LogP contribution in [0.25, 0.3) is 6.08 Å². The molecule has 2 aromatic carbocycles. The molecule has 1 atom stereocenters. The van der Waals surface area contributed by atoms with Crippen LogP contribution < -0.4 is 9.47 Å². The van der Waals surface area contributed by atoms with Crippen molar-refractivity contribution in [1.29, 1.82) is 5.26 Å². The monoisotopic (exact) mass is 456 g/mol. The number of nitrogens with zero attached hydrogens (tertiary/aromatic N) is 2. The van der Waals surface area contributed by atoms with Crippen molar-refractivity contribution in [2.75, 3.05) is 7.11 Å². The first kappa shape index (κ1) is 22.7. The third-order valence-electron chi connectivity index (χ3n) is 4.78.